The third kappa shape index (κ3) is 7.62. The van der Waals surface area contributed by atoms with Crippen LogP contribution < -0.4 is 11.5 Å². The average Bonchev–Trinajstić information content (AvgIpc) is 1.87. The van der Waals surface area contributed by atoms with Crippen LogP contribution in [0.1, 0.15) is 13.3 Å². The minimum absolute atomic E-state index is 0.192. The second-order valence-electron chi connectivity index (χ2n) is 1.92. The van der Waals surface area contributed by atoms with E-state index in [1.54, 1.807) is 0 Å². The fourth-order valence-corrected chi connectivity index (χ4v) is 1.20. The van der Waals surface area contributed by atoms with E-state index in [0.29, 0.717) is 0 Å². The summed E-state index contributed by atoms with van der Waals surface area (Å²) in [6.07, 6.45) is 1.21. The number of thioether (sulfide) groups is 1. The fraction of sp³-hybridized carbons (Fsp3) is 0.833. The molecule has 0 aromatic rings. The average molecular weight is 161 g/mol. The topological polar surface area (TPSA) is 64.4 Å². The summed E-state index contributed by atoms with van der Waals surface area (Å²) in [5.74, 6) is 2.41. The summed E-state index contributed by atoms with van der Waals surface area (Å²) in [5, 5.41) is 0. The molecule has 0 saturated heterocycles. The third-order valence-electron chi connectivity index (χ3n) is 0.878. The summed E-state index contributed by atoms with van der Waals surface area (Å²) in [4.78, 5) is 3.85. The van der Waals surface area contributed by atoms with E-state index in [1.165, 1.54) is 12.2 Å². The summed E-state index contributed by atoms with van der Waals surface area (Å²) < 4.78 is 0. The molecular weight excluding hydrogens is 146 g/mol. The first-order valence-corrected chi connectivity index (χ1v) is 4.56. The van der Waals surface area contributed by atoms with Crippen molar-refractivity contribution in [2.24, 2.45) is 16.5 Å². The Morgan fingerprint density at radius 2 is 2.10 bits per heavy atom. The first-order valence-electron chi connectivity index (χ1n) is 3.40. The van der Waals surface area contributed by atoms with E-state index in [4.69, 9.17) is 11.5 Å². The van der Waals surface area contributed by atoms with E-state index in [0.717, 1.165) is 12.3 Å². The molecule has 10 heavy (non-hydrogen) atoms. The van der Waals surface area contributed by atoms with E-state index in [2.05, 4.69) is 11.9 Å². The van der Waals surface area contributed by atoms with Crippen molar-refractivity contribution in [2.75, 3.05) is 18.1 Å². The van der Waals surface area contributed by atoms with E-state index >= 15 is 0 Å². The van der Waals surface area contributed by atoms with Gasteiger partial charge in [0.25, 0.3) is 0 Å². The van der Waals surface area contributed by atoms with Crippen LogP contribution in [0.15, 0.2) is 4.99 Å². The molecule has 0 saturated carbocycles. The summed E-state index contributed by atoms with van der Waals surface area (Å²) in [6.45, 7) is 2.90. The van der Waals surface area contributed by atoms with Gasteiger partial charge in [-0.05, 0) is 12.2 Å². The molecule has 0 heterocycles. The standard InChI is InChI=1S/C6H15N3S/c1-2-4-10-5-3-9-6(7)8/h2-5H2,1H3,(H4,7,8,9). The molecule has 0 aliphatic carbocycles. The zero-order valence-corrected chi connectivity index (χ0v) is 7.16. The van der Waals surface area contributed by atoms with Crippen LogP contribution in [0.25, 0.3) is 0 Å². The van der Waals surface area contributed by atoms with E-state index in [1.807, 2.05) is 11.8 Å². The summed E-state index contributed by atoms with van der Waals surface area (Å²) in [6, 6.07) is 0. The summed E-state index contributed by atoms with van der Waals surface area (Å²) in [7, 11) is 0. The minimum Gasteiger partial charge on any atom is -0.370 e. The lowest BCUT2D eigenvalue weighted by Gasteiger charge is -1.94. The number of nitrogens with two attached hydrogens (primary N) is 2. The van der Waals surface area contributed by atoms with Gasteiger partial charge >= 0.3 is 0 Å². The molecule has 0 fully saturated rings. The van der Waals surface area contributed by atoms with Crippen LogP contribution in [0.5, 0.6) is 0 Å². The first kappa shape index (κ1) is 9.62. The Bertz CT molecular complexity index is 99.2. The van der Waals surface area contributed by atoms with E-state index < -0.39 is 0 Å². The molecule has 0 rings (SSSR count). The maximum Gasteiger partial charge on any atom is 0.185 e. The lowest BCUT2D eigenvalue weighted by molar-refractivity contribution is 1.09. The Hall–Kier alpha value is -0.380. The van der Waals surface area contributed by atoms with Crippen molar-refractivity contribution in [1.82, 2.24) is 0 Å². The van der Waals surface area contributed by atoms with Gasteiger partial charge in [0.1, 0.15) is 0 Å². The molecule has 0 bridgehead atoms. The fourth-order valence-electron chi connectivity index (χ4n) is 0.486. The highest BCUT2D eigenvalue weighted by molar-refractivity contribution is 7.99. The molecule has 0 aliphatic heterocycles. The minimum atomic E-state index is 0.192. The van der Waals surface area contributed by atoms with E-state index in [-0.39, 0.29) is 5.96 Å². The molecule has 0 spiro atoms. The van der Waals surface area contributed by atoms with Gasteiger partial charge in [0.05, 0.1) is 6.54 Å². The SMILES string of the molecule is CCCSCCN=C(N)N. The molecule has 60 valence electrons. The predicted octanol–water partition coefficient (Wildman–Crippen LogP) is 0.403. The van der Waals surface area contributed by atoms with Crippen molar-refractivity contribution in [1.29, 1.82) is 0 Å². The van der Waals surface area contributed by atoms with Crippen LogP contribution in [-0.2, 0) is 0 Å². The zero-order valence-electron chi connectivity index (χ0n) is 6.34. The summed E-state index contributed by atoms with van der Waals surface area (Å²) >= 11 is 1.88. The van der Waals surface area contributed by atoms with Crippen LogP contribution in [0.4, 0.5) is 0 Å². The van der Waals surface area contributed by atoms with Gasteiger partial charge in [0.15, 0.2) is 5.96 Å². The zero-order chi connectivity index (χ0) is 7.82. The Morgan fingerprint density at radius 3 is 2.60 bits per heavy atom. The van der Waals surface area contributed by atoms with Crippen molar-refractivity contribution in [3.63, 3.8) is 0 Å². The highest BCUT2D eigenvalue weighted by Gasteiger charge is 1.85. The molecule has 0 aromatic carbocycles. The number of hydrogen-bond acceptors (Lipinski definition) is 2. The van der Waals surface area contributed by atoms with Gasteiger partial charge < -0.3 is 11.5 Å². The van der Waals surface area contributed by atoms with Gasteiger partial charge in [0.2, 0.25) is 0 Å². The molecule has 0 aliphatic rings. The van der Waals surface area contributed by atoms with Crippen LogP contribution in [0.2, 0.25) is 0 Å². The smallest absolute Gasteiger partial charge is 0.185 e. The summed E-state index contributed by atoms with van der Waals surface area (Å²) in [5.41, 5.74) is 10.3. The normalized spacial score (nSPS) is 9.30. The largest absolute Gasteiger partial charge is 0.370 e. The molecule has 4 N–H and O–H groups in total. The molecule has 4 heteroatoms. The van der Waals surface area contributed by atoms with Crippen LogP contribution in [0.3, 0.4) is 0 Å². The van der Waals surface area contributed by atoms with Crippen LogP contribution in [-0.4, -0.2) is 24.0 Å². The Balaban J connectivity index is 2.98. The molecule has 3 nitrogen and oxygen atoms in total. The second-order valence-corrected chi connectivity index (χ2v) is 3.14. The highest BCUT2D eigenvalue weighted by atomic mass is 32.2. The molecule has 0 radical (unpaired) electrons. The first-order chi connectivity index (χ1) is 4.77. The van der Waals surface area contributed by atoms with Gasteiger partial charge in [-0.25, -0.2) is 0 Å². The van der Waals surface area contributed by atoms with Gasteiger partial charge in [-0.2, -0.15) is 11.8 Å². The van der Waals surface area contributed by atoms with Crippen molar-refractivity contribution >= 4 is 17.7 Å². The van der Waals surface area contributed by atoms with Crippen LogP contribution in [0, 0.1) is 0 Å². The van der Waals surface area contributed by atoms with Gasteiger partial charge in [-0.3, -0.25) is 4.99 Å². The van der Waals surface area contributed by atoms with Crippen molar-refractivity contribution in [3.05, 3.63) is 0 Å². The highest BCUT2D eigenvalue weighted by Crippen LogP contribution is 2.00. The maximum atomic E-state index is 5.13. The Kier molecular flexibility index (Phi) is 6.48. The number of aliphatic imine (C=N–C) groups is 1. The Morgan fingerprint density at radius 1 is 1.40 bits per heavy atom. The Labute approximate surface area is 66.3 Å². The predicted molar refractivity (Wildman–Crippen MR) is 48.3 cm³/mol. The monoisotopic (exact) mass is 161 g/mol. The van der Waals surface area contributed by atoms with Gasteiger partial charge in [-0.1, -0.05) is 6.92 Å². The second kappa shape index (κ2) is 6.74. The quantitative estimate of drug-likeness (QED) is 0.348. The van der Waals surface area contributed by atoms with Gasteiger partial charge in [0, 0.05) is 5.75 Å². The lowest BCUT2D eigenvalue weighted by atomic mass is 10.6. The number of rotatable bonds is 5. The number of hydrogen-bond donors (Lipinski definition) is 2. The van der Waals surface area contributed by atoms with Crippen molar-refractivity contribution in [3.8, 4) is 0 Å². The lowest BCUT2D eigenvalue weighted by Crippen LogP contribution is -2.23. The van der Waals surface area contributed by atoms with Crippen molar-refractivity contribution < 1.29 is 0 Å². The molecular formula is C6H15N3S. The molecule has 0 amide bonds. The van der Waals surface area contributed by atoms with Crippen molar-refractivity contribution in [2.45, 2.75) is 13.3 Å². The molecule has 0 aromatic heterocycles. The molecule has 0 atom stereocenters. The number of nitrogens with zero attached hydrogens (tertiary/aromatic N) is 1. The van der Waals surface area contributed by atoms with Gasteiger partial charge in [-0.15, -0.1) is 0 Å². The third-order valence-corrected chi connectivity index (χ3v) is 2.05. The maximum absolute atomic E-state index is 5.13. The molecule has 0 unspecified atom stereocenters. The number of guanidine groups is 1. The van der Waals surface area contributed by atoms with Crippen LogP contribution >= 0.6 is 11.8 Å². The van der Waals surface area contributed by atoms with E-state index in [9.17, 15) is 0 Å².